The largest absolute Gasteiger partial charge is 0.381 e. The maximum atomic E-state index is 5.45. The predicted octanol–water partition coefficient (Wildman–Crippen LogP) is 2.57. The fourth-order valence-electron chi connectivity index (χ4n) is 2.94. The van der Waals surface area contributed by atoms with Crippen LogP contribution < -0.4 is 5.32 Å². The fourth-order valence-corrected chi connectivity index (χ4v) is 2.94. The van der Waals surface area contributed by atoms with Crippen molar-refractivity contribution in [3.63, 3.8) is 0 Å². The molecular weight excluding hydrogens is 250 g/mol. The van der Waals surface area contributed by atoms with E-state index in [4.69, 9.17) is 4.74 Å². The van der Waals surface area contributed by atoms with Crippen molar-refractivity contribution < 1.29 is 4.74 Å². The molecule has 0 bridgehead atoms. The first-order chi connectivity index (χ1) is 9.88. The van der Waals surface area contributed by atoms with Crippen molar-refractivity contribution in [1.82, 2.24) is 14.9 Å². The molecule has 1 aliphatic rings. The second-order valence-electron chi connectivity index (χ2n) is 5.52. The number of aromatic nitrogens is 2. The van der Waals surface area contributed by atoms with E-state index in [2.05, 4.69) is 34.1 Å². The van der Waals surface area contributed by atoms with Crippen molar-refractivity contribution in [2.24, 2.45) is 5.92 Å². The first-order valence-corrected chi connectivity index (χ1v) is 7.59. The number of fused-ring (bicyclic) bond motifs is 1. The molecule has 0 amide bonds. The summed E-state index contributed by atoms with van der Waals surface area (Å²) in [6, 6.07) is 4.20. The highest BCUT2D eigenvalue weighted by atomic mass is 16.5. The van der Waals surface area contributed by atoms with Crippen LogP contribution in [-0.4, -0.2) is 29.3 Å². The number of pyridine rings is 1. The van der Waals surface area contributed by atoms with E-state index in [-0.39, 0.29) is 0 Å². The summed E-state index contributed by atoms with van der Waals surface area (Å²) in [6.45, 7) is 6.91. The Bertz CT molecular complexity index is 558. The van der Waals surface area contributed by atoms with E-state index in [1.54, 1.807) is 0 Å². The molecule has 4 heteroatoms. The van der Waals surface area contributed by atoms with Crippen molar-refractivity contribution >= 4 is 11.0 Å². The second kappa shape index (κ2) is 6.37. The Kier molecular flexibility index (Phi) is 4.33. The summed E-state index contributed by atoms with van der Waals surface area (Å²) >= 11 is 0. The molecule has 1 aliphatic heterocycles. The highest BCUT2D eigenvalue weighted by molar-refractivity contribution is 5.80. The van der Waals surface area contributed by atoms with Crippen molar-refractivity contribution in [2.45, 2.75) is 32.9 Å². The van der Waals surface area contributed by atoms with E-state index >= 15 is 0 Å². The van der Waals surface area contributed by atoms with Gasteiger partial charge in [0.15, 0.2) is 0 Å². The zero-order valence-electron chi connectivity index (χ0n) is 12.1. The third-order valence-electron chi connectivity index (χ3n) is 4.08. The van der Waals surface area contributed by atoms with Crippen molar-refractivity contribution in [3.8, 4) is 0 Å². The molecule has 20 heavy (non-hydrogen) atoms. The first kappa shape index (κ1) is 13.6. The van der Waals surface area contributed by atoms with Gasteiger partial charge in [-0.3, -0.25) is 0 Å². The Labute approximate surface area is 120 Å². The van der Waals surface area contributed by atoms with Crippen molar-refractivity contribution in [3.05, 3.63) is 30.1 Å². The van der Waals surface area contributed by atoms with Crippen LogP contribution in [0, 0.1) is 5.92 Å². The molecule has 0 saturated carbocycles. The van der Waals surface area contributed by atoms with E-state index in [0.29, 0.717) is 5.92 Å². The SMILES string of the molecule is CCNCc1cn(CC2CCOCC2)c2ncccc12. The second-order valence-corrected chi connectivity index (χ2v) is 5.52. The Hall–Kier alpha value is -1.39. The van der Waals surface area contributed by atoms with Crippen LogP contribution in [0.2, 0.25) is 0 Å². The smallest absolute Gasteiger partial charge is 0.140 e. The van der Waals surface area contributed by atoms with Gasteiger partial charge >= 0.3 is 0 Å². The molecule has 0 aliphatic carbocycles. The van der Waals surface area contributed by atoms with Crippen molar-refractivity contribution in [2.75, 3.05) is 19.8 Å². The third-order valence-corrected chi connectivity index (χ3v) is 4.08. The maximum absolute atomic E-state index is 5.45. The molecule has 4 nitrogen and oxygen atoms in total. The summed E-state index contributed by atoms with van der Waals surface area (Å²) in [5.41, 5.74) is 2.47. The molecule has 108 valence electrons. The van der Waals surface area contributed by atoms with E-state index in [0.717, 1.165) is 51.3 Å². The van der Waals surface area contributed by atoms with Gasteiger partial charge in [0.05, 0.1) is 0 Å². The lowest BCUT2D eigenvalue weighted by Gasteiger charge is -2.22. The molecule has 2 aromatic heterocycles. The number of hydrogen-bond donors (Lipinski definition) is 1. The molecule has 2 aromatic rings. The number of nitrogens with one attached hydrogen (secondary N) is 1. The number of ether oxygens (including phenoxy) is 1. The lowest BCUT2D eigenvalue weighted by Crippen LogP contribution is -2.20. The summed E-state index contributed by atoms with van der Waals surface area (Å²) in [5, 5.41) is 4.69. The van der Waals surface area contributed by atoms with Gasteiger partial charge in [0.1, 0.15) is 5.65 Å². The third kappa shape index (κ3) is 2.86. The van der Waals surface area contributed by atoms with Crippen LogP contribution in [0.4, 0.5) is 0 Å². The van der Waals surface area contributed by atoms with Gasteiger partial charge in [0, 0.05) is 44.1 Å². The molecule has 1 saturated heterocycles. The van der Waals surface area contributed by atoms with Crippen LogP contribution >= 0.6 is 0 Å². The number of nitrogens with zero attached hydrogens (tertiary/aromatic N) is 2. The molecular formula is C16H23N3O. The Balaban J connectivity index is 1.85. The van der Waals surface area contributed by atoms with Crippen LogP contribution in [0.5, 0.6) is 0 Å². The minimum Gasteiger partial charge on any atom is -0.381 e. The van der Waals surface area contributed by atoms with Gasteiger partial charge in [-0.25, -0.2) is 4.98 Å². The van der Waals surface area contributed by atoms with Gasteiger partial charge in [-0.1, -0.05) is 6.92 Å². The summed E-state index contributed by atoms with van der Waals surface area (Å²) in [5.74, 6) is 0.716. The van der Waals surface area contributed by atoms with E-state index in [1.807, 2.05) is 12.3 Å². The summed E-state index contributed by atoms with van der Waals surface area (Å²) in [6.07, 6.45) is 6.49. The average Bonchev–Trinajstić information content (AvgIpc) is 2.85. The molecule has 0 radical (unpaired) electrons. The fraction of sp³-hybridized carbons (Fsp3) is 0.562. The van der Waals surface area contributed by atoms with E-state index in [1.165, 1.54) is 10.9 Å². The van der Waals surface area contributed by atoms with Crippen LogP contribution in [0.25, 0.3) is 11.0 Å². The highest BCUT2D eigenvalue weighted by Crippen LogP contribution is 2.23. The van der Waals surface area contributed by atoms with Gasteiger partial charge in [-0.15, -0.1) is 0 Å². The number of rotatable bonds is 5. The first-order valence-electron chi connectivity index (χ1n) is 7.59. The van der Waals surface area contributed by atoms with Crippen LogP contribution in [0.3, 0.4) is 0 Å². The standard InChI is InChI=1S/C16H23N3O/c1-2-17-10-14-12-19(11-13-5-8-20-9-6-13)16-15(14)4-3-7-18-16/h3-4,7,12-13,17H,2,5-6,8-11H2,1H3. The normalized spacial score (nSPS) is 16.9. The molecule has 0 aromatic carbocycles. The molecule has 0 spiro atoms. The van der Waals surface area contributed by atoms with Crippen LogP contribution in [0.1, 0.15) is 25.3 Å². The molecule has 1 fully saturated rings. The van der Waals surface area contributed by atoms with Gasteiger partial charge < -0.3 is 14.6 Å². The molecule has 3 rings (SSSR count). The van der Waals surface area contributed by atoms with Crippen LogP contribution in [-0.2, 0) is 17.8 Å². The Morgan fingerprint density at radius 1 is 1.40 bits per heavy atom. The quantitative estimate of drug-likeness (QED) is 0.910. The lowest BCUT2D eigenvalue weighted by molar-refractivity contribution is 0.0616. The molecule has 0 unspecified atom stereocenters. The molecule has 1 N–H and O–H groups in total. The van der Waals surface area contributed by atoms with E-state index < -0.39 is 0 Å². The van der Waals surface area contributed by atoms with Crippen molar-refractivity contribution in [1.29, 1.82) is 0 Å². The zero-order chi connectivity index (χ0) is 13.8. The monoisotopic (exact) mass is 273 g/mol. The number of hydrogen-bond acceptors (Lipinski definition) is 3. The zero-order valence-corrected chi connectivity index (χ0v) is 12.1. The minimum atomic E-state index is 0.716. The molecule has 3 heterocycles. The van der Waals surface area contributed by atoms with Gasteiger partial charge in [0.2, 0.25) is 0 Å². The van der Waals surface area contributed by atoms with Gasteiger partial charge in [-0.05, 0) is 43.0 Å². The Morgan fingerprint density at radius 3 is 3.05 bits per heavy atom. The van der Waals surface area contributed by atoms with Crippen LogP contribution in [0.15, 0.2) is 24.5 Å². The summed E-state index contributed by atoms with van der Waals surface area (Å²) in [4.78, 5) is 4.58. The van der Waals surface area contributed by atoms with Gasteiger partial charge in [0.25, 0.3) is 0 Å². The summed E-state index contributed by atoms with van der Waals surface area (Å²) in [7, 11) is 0. The predicted molar refractivity (Wildman–Crippen MR) is 80.7 cm³/mol. The minimum absolute atomic E-state index is 0.716. The average molecular weight is 273 g/mol. The summed E-state index contributed by atoms with van der Waals surface area (Å²) < 4.78 is 7.78. The Morgan fingerprint density at radius 2 is 2.25 bits per heavy atom. The molecule has 0 atom stereocenters. The topological polar surface area (TPSA) is 39.1 Å². The lowest BCUT2D eigenvalue weighted by atomic mass is 10.0. The van der Waals surface area contributed by atoms with E-state index in [9.17, 15) is 0 Å². The maximum Gasteiger partial charge on any atom is 0.140 e. The highest BCUT2D eigenvalue weighted by Gasteiger charge is 2.16. The van der Waals surface area contributed by atoms with Gasteiger partial charge in [-0.2, -0.15) is 0 Å².